The molecular weight excluding hydrogens is 629 g/mol. The third kappa shape index (κ3) is 8.54. The van der Waals surface area contributed by atoms with Gasteiger partial charge in [0.15, 0.2) is 9.84 Å². The molecule has 0 aliphatic heterocycles. The van der Waals surface area contributed by atoms with Gasteiger partial charge in [0.25, 0.3) is 11.6 Å². The summed E-state index contributed by atoms with van der Waals surface area (Å²) in [6, 6.07) is 13.9. The largest absolute Gasteiger partial charge is 0.494 e. The van der Waals surface area contributed by atoms with Crippen LogP contribution in [0, 0.1) is 6.92 Å². The first-order chi connectivity index (χ1) is 21.6. The summed E-state index contributed by atoms with van der Waals surface area (Å²) in [5.74, 6) is -4.53. The summed E-state index contributed by atoms with van der Waals surface area (Å²) < 4.78 is 77.4. The van der Waals surface area contributed by atoms with Crippen LogP contribution in [0.3, 0.4) is 0 Å². The number of esters is 1. The van der Waals surface area contributed by atoms with E-state index in [4.69, 9.17) is 15.2 Å². The van der Waals surface area contributed by atoms with Gasteiger partial charge in [-0.25, -0.2) is 13.2 Å². The molecule has 0 spiro atoms. The van der Waals surface area contributed by atoms with E-state index in [1.807, 2.05) is 0 Å². The number of aryl methyl sites for hydroxylation is 1. The van der Waals surface area contributed by atoms with Gasteiger partial charge in [-0.3, -0.25) is 9.59 Å². The minimum Gasteiger partial charge on any atom is -0.494 e. The second-order valence-electron chi connectivity index (χ2n) is 10.1. The maximum atomic E-state index is 14.2. The van der Waals surface area contributed by atoms with Crippen molar-refractivity contribution in [3.8, 4) is 5.75 Å². The summed E-state index contributed by atoms with van der Waals surface area (Å²) in [6.07, 6.45) is -5.50. The molecule has 46 heavy (non-hydrogen) atoms. The maximum Gasteiger partial charge on any atom is 0.491 e. The Morgan fingerprint density at radius 1 is 0.935 bits per heavy atom. The first-order valence-corrected chi connectivity index (χ1v) is 15.7. The Labute approximate surface area is 264 Å². The third-order valence-corrected chi connectivity index (χ3v) is 8.60. The lowest BCUT2D eigenvalue weighted by Gasteiger charge is -2.34. The fourth-order valence-electron chi connectivity index (χ4n) is 4.52. The van der Waals surface area contributed by atoms with Crippen molar-refractivity contribution in [3.63, 3.8) is 0 Å². The molecular formula is C31H35F3N4O7S. The van der Waals surface area contributed by atoms with Crippen LogP contribution in [0.4, 0.5) is 24.5 Å². The van der Waals surface area contributed by atoms with Crippen LogP contribution in [0.15, 0.2) is 65.6 Å². The lowest BCUT2D eigenvalue weighted by molar-refractivity contribution is -0.213. The van der Waals surface area contributed by atoms with Gasteiger partial charge in [0.05, 0.1) is 17.3 Å². The molecule has 2 amide bonds. The van der Waals surface area contributed by atoms with E-state index in [9.17, 15) is 36.0 Å². The van der Waals surface area contributed by atoms with Crippen LogP contribution in [0.25, 0.3) is 0 Å². The van der Waals surface area contributed by atoms with Gasteiger partial charge in [-0.15, -0.1) is 0 Å². The number of halogens is 3. The maximum absolute atomic E-state index is 14.2. The molecule has 0 aliphatic carbocycles. The Balaban J connectivity index is 2.22. The van der Waals surface area contributed by atoms with Crippen LogP contribution in [0.2, 0.25) is 0 Å². The van der Waals surface area contributed by atoms with Gasteiger partial charge < -0.3 is 31.2 Å². The SMILES string of the molecule is CCOc1cccc(C(Nc2ccc(CN)c(C)c2)(OC(=O)C(F)(F)F)C(=O)NCc2cc(NC(C)=O)ccc2S(=O)(=O)CC)c1. The van der Waals surface area contributed by atoms with E-state index in [-0.39, 0.29) is 52.1 Å². The number of hydrogen-bond acceptors (Lipinski definition) is 9. The molecule has 0 heterocycles. The highest BCUT2D eigenvalue weighted by Crippen LogP contribution is 2.35. The van der Waals surface area contributed by atoms with Gasteiger partial charge >= 0.3 is 12.1 Å². The molecule has 0 saturated heterocycles. The highest BCUT2D eigenvalue weighted by atomic mass is 32.2. The standard InChI is InChI=1S/C31H35F3N4O7S/c1-5-44-26-9-7-8-23(16-26)30(45-29(41)31(32,33)34,38-25-11-10-21(17-35)19(3)14-25)28(40)36-18-22-15-24(37-20(4)39)12-13-27(22)46(42,43)6-2/h7-16,38H,5-6,17-18,35H2,1-4H3,(H,36,40)(H,37,39). The number of sulfone groups is 1. The number of ether oxygens (including phenoxy) is 2. The first kappa shape index (κ1) is 35.8. The number of carbonyl (C=O) groups excluding carboxylic acids is 3. The van der Waals surface area contributed by atoms with Crippen LogP contribution < -0.4 is 26.4 Å². The number of hydrogen-bond donors (Lipinski definition) is 4. The Bertz CT molecular complexity index is 1710. The number of alkyl halides is 3. The predicted octanol–water partition coefficient (Wildman–Crippen LogP) is 4.29. The summed E-state index contributed by atoms with van der Waals surface area (Å²) in [4.78, 5) is 38.1. The van der Waals surface area contributed by atoms with Crippen molar-refractivity contribution in [1.82, 2.24) is 5.32 Å². The van der Waals surface area contributed by atoms with E-state index < -0.39 is 46.1 Å². The van der Waals surface area contributed by atoms with Crippen molar-refractivity contribution in [2.45, 2.75) is 57.6 Å². The van der Waals surface area contributed by atoms with Crippen molar-refractivity contribution in [2.24, 2.45) is 5.73 Å². The smallest absolute Gasteiger partial charge is 0.491 e. The lowest BCUT2D eigenvalue weighted by atomic mass is 9.99. The summed E-state index contributed by atoms with van der Waals surface area (Å²) in [7, 11) is -3.86. The highest BCUT2D eigenvalue weighted by Gasteiger charge is 2.52. The summed E-state index contributed by atoms with van der Waals surface area (Å²) in [5, 5.41) is 7.63. The van der Waals surface area contributed by atoms with Crippen molar-refractivity contribution in [2.75, 3.05) is 23.0 Å². The summed E-state index contributed by atoms with van der Waals surface area (Å²) >= 11 is 0. The van der Waals surface area contributed by atoms with E-state index in [2.05, 4.69) is 16.0 Å². The topological polar surface area (TPSA) is 166 Å². The molecule has 0 radical (unpaired) electrons. The van der Waals surface area contributed by atoms with Crippen LogP contribution >= 0.6 is 0 Å². The van der Waals surface area contributed by atoms with Crippen LogP contribution in [0.5, 0.6) is 5.75 Å². The molecule has 5 N–H and O–H groups in total. The average molecular weight is 665 g/mol. The van der Waals surface area contributed by atoms with E-state index in [1.54, 1.807) is 19.9 Å². The number of carbonyl (C=O) groups is 3. The normalized spacial score (nSPS) is 12.9. The van der Waals surface area contributed by atoms with Crippen LogP contribution in [0.1, 0.15) is 43.0 Å². The van der Waals surface area contributed by atoms with Crippen LogP contribution in [-0.4, -0.2) is 44.7 Å². The van der Waals surface area contributed by atoms with E-state index in [0.717, 1.165) is 5.56 Å². The molecule has 0 aromatic heterocycles. The molecule has 0 aliphatic rings. The molecule has 3 aromatic rings. The monoisotopic (exact) mass is 664 g/mol. The minimum atomic E-state index is -5.50. The third-order valence-electron chi connectivity index (χ3n) is 6.77. The van der Waals surface area contributed by atoms with Crippen molar-refractivity contribution in [1.29, 1.82) is 0 Å². The van der Waals surface area contributed by atoms with Gasteiger partial charge in [-0.05, 0) is 73.0 Å². The van der Waals surface area contributed by atoms with Crippen LogP contribution in [-0.2, 0) is 47.8 Å². The molecule has 3 aromatic carbocycles. The second kappa shape index (κ2) is 14.6. The van der Waals surface area contributed by atoms with Gasteiger partial charge in [-0.2, -0.15) is 13.2 Å². The average Bonchev–Trinajstić information content (AvgIpc) is 2.99. The molecule has 15 heteroatoms. The number of rotatable bonds is 13. The number of benzene rings is 3. The van der Waals surface area contributed by atoms with Gasteiger partial charge in [0.1, 0.15) is 5.75 Å². The molecule has 3 rings (SSSR count). The zero-order valence-corrected chi connectivity index (χ0v) is 26.4. The van der Waals surface area contributed by atoms with Crippen molar-refractivity contribution < 1.29 is 45.4 Å². The zero-order chi connectivity index (χ0) is 34.3. The van der Waals surface area contributed by atoms with Gasteiger partial charge in [0.2, 0.25) is 5.91 Å². The Morgan fingerprint density at radius 3 is 2.22 bits per heavy atom. The number of nitrogens with two attached hydrogens (primary N) is 1. The summed E-state index contributed by atoms with van der Waals surface area (Å²) in [6.45, 7) is 5.82. The Hall–Kier alpha value is -4.63. The zero-order valence-electron chi connectivity index (χ0n) is 25.6. The van der Waals surface area contributed by atoms with Gasteiger partial charge in [-0.1, -0.05) is 25.1 Å². The molecule has 0 saturated carbocycles. The fourth-order valence-corrected chi connectivity index (χ4v) is 5.64. The highest BCUT2D eigenvalue weighted by molar-refractivity contribution is 7.91. The molecule has 11 nitrogen and oxygen atoms in total. The summed E-state index contributed by atoms with van der Waals surface area (Å²) in [5.41, 5.74) is 4.35. The van der Waals surface area contributed by atoms with Crippen molar-refractivity contribution >= 4 is 39.0 Å². The molecule has 248 valence electrons. The molecule has 0 bridgehead atoms. The number of nitrogens with one attached hydrogen (secondary N) is 3. The fraction of sp³-hybridized carbons (Fsp3) is 0.323. The molecule has 1 unspecified atom stereocenters. The van der Waals surface area contributed by atoms with Gasteiger partial charge in [0, 0.05) is 37.0 Å². The van der Waals surface area contributed by atoms with Crippen molar-refractivity contribution in [3.05, 3.63) is 82.9 Å². The predicted molar refractivity (Wildman–Crippen MR) is 164 cm³/mol. The molecule has 1 atom stereocenters. The van der Waals surface area contributed by atoms with E-state index in [0.29, 0.717) is 5.56 Å². The Kier molecular flexibility index (Phi) is 11.4. The van der Waals surface area contributed by atoms with E-state index in [1.165, 1.54) is 68.4 Å². The number of anilines is 2. The van der Waals surface area contributed by atoms with E-state index >= 15 is 0 Å². The minimum absolute atomic E-state index is 0.0173. The lowest BCUT2D eigenvalue weighted by Crippen LogP contribution is -2.54. The first-order valence-electron chi connectivity index (χ1n) is 14.1. The number of amides is 2. The quantitative estimate of drug-likeness (QED) is 0.154. The Morgan fingerprint density at radius 2 is 1.63 bits per heavy atom. The molecule has 0 fully saturated rings. The second-order valence-corrected chi connectivity index (χ2v) is 12.3.